The number of ether oxygens (including phenoxy) is 2. The van der Waals surface area contributed by atoms with Crippen LogP contribution in [0.1, 0.15) is 245 Å². The highest BCUT2D eigenvalue weighted by atomic mass is 32.3. The highest BCUT2D eigenvalue weighted by Crippen LogP contribution is 2.27. The van der Waals surface area contributed by atoms with Crippen molar-refractivity contribution >= 4 is 26.7 Å². The van der Waals surface area contributed by atoms with Gasteiger partial charge in [0, 0.05) is 6.42 Å². The molecule has 6 N–H and O–H groups in total. The zero-order valence-electron chi connectivity index (χ0n) is 40.6. The van der Waals surface area contributed by atoms with E-state index in [1.54, 1.807) is 0 Å². The predicted molar refractivity (Wildman–Crippen MR) is 256 cm³/mol. The number of aliphatic hydroxyl groups excluding tert-OH is 3. The van der Waals surface area contributed by atoms with E-state index in [-0.39, 0.29) is 12.3 Å². The molecule has 0 spiro atoms. The zero-order chi connectivity index (χ0) is 48.0. The molecular weight excluding hydrogens is 879 g/mol. The Balaban J connectivity index is 2.54. The number of hydrogen-bond acceptors (Lipinski definition) is 12. The Morgan fingerprint density at radius 1 is 0.554 bits per heavy atom. The molecule has 1 aliphatic rings. The maximum atomic E-state index is 13.2. The first kappa shape index (κ1) is 62.0. The van der Waals surface area contributed by atoms with Crippen LogP contribution in [0.4, 0.5) is 0 Å². The van der Waals surface area contributed by atoms with E-state index >= 15 is 0 Å². The summed E-state index contributed by atoms with van der Waals surface area (Å²) in [6.07, 6.45) is 31.3. The molecule has 0 radical (unpaired) electrons. The molecule has 1 saturated heterocycles. The van der Waals surface area contributed by atoms with Crippen molar-refractivity contribution in [2.24, 2.45) is 0 Å². The minimum absolute atomic E-state index is 0.218. The van der Waals surface area contributed by atoms with Crippen LogP contribution in [0.2, 0.25) is 0 Å². The Morgan fingerprint density at radius 2 is 0.923 bits per heavy atom. The molecule has 1 rings (SSSR count). The van der Waals surface area contributed by atoms with Gasteiger partial charge in [0.05, 0.1) is 25.4 Å². The highest BCUT2D eigenvalue weighted by molar-refractivity contribution is 7.81. The molecule has 15 nitrogen and oxygen atoms in total. The summed E-state index contributed by atoms with van der Waals surface area (Å²) in [7, 11) is -10.2. The lowest BCUT2D eigenvalue weighted by Gasteiger charge is -2.41. The van der Waals surface area contributed by atoms with Crippen LogP contribution in [0.5, 0.6) is 0 Å². The van der Waals surface area contributed by atoms with Gasteiger partial charge in [0.25, 0.3) is 0 Å². The topological polar surface area (TPSA) is 235 Å². The van der Waals surface area contributed by atoms with Crippen molar-refractivity contribution < 1.29 is 63.9 Å². The van der Waals surface area contributed by atoms with Crippen molar-refractivity contribution in [2.75, 3.05) is 13.2 Å². The summed E-state index contributed by atoms with van der Waals surface area (Å²) in [5.74, 6) is -0.314. The average Bonchev–Trinajstić information content (AvgIpc) is 3.25. The summed E-state index contributed by atoms with van der Waals surface area (Å²) in [4.78, 5) is 13.2. The number of aliphatic hydroxyl groups is 3. The minimum atomic E-state index is -5.22. The van der Waals surface area contributed by atoms with Gasteiger partial charge in [-0.3, -0.25) is 13.9 Å². The third-order valence-electron chi connectivity index (χ3n) is 12.6. The third-order valence-corrected chi connectivity index (χ3v) is 13.5. The Morgan fingerprint density at radius 3 is 1.29 bits per heavy atom. The van der Waals surface area contributed by atoms with Gasteiger partial charge < -0.3 is 30.1 Å². The maximum Gasteiger partial charge on any atom is 0.397 e. The van der Waals surface area contributed by atoms with Gasteiger partial charge in [-0.2, -0.15) is 16.8 Å². The fraction of sp³-hybridized carbons (Fsp3) is 0.979. The lowest BCUT2D eigenvalue weighted by molar-refractivity contribution is -0.296. The fourth-order valence-electron chi connectivity index (χ4n) is 8.59. The van der Waals surface area contributed by atoms with E-state index in [1.165, 1.54) is 161 Å². The van der Waals surface area contributed by atoms with Crippen LogP contribution < -0.4 is 5.32 Å². The summed E-state index contributed by atoms with van der Waals surface area (Å²) >= 11 is 0. The first-order valence-corrected chi connectivity index (χ1v) is 28.8. The van der Waals surface area contributed by atoms with Crippen LogP contribution in [0, 0.1) is 0 Å². The van der Waals surface area contributed by atoms with Gasteiger partial charge in [0.15, 0.2) is 12.4 Å². The molecule has 1 amide bonds. The molecule has 1 fully saturated rings. The zero-order valence-corrected chi connectivity index (χ0v) is 42.3. The van der Waals surface area contributed by atoms with Crippen LogP contribution >= 0.6 is 0 Å². The summed E-state index contributed by atoms with van der Waals surface area (Å²) in [6.45, 7) is 3.03. The maximum absolute atomic E-state index is 13.2. The van der Waals surface area contributed by atoms with Gasteiger partial charge in [-0.15, -0.1) is 0 Å². The van der Waals surface area contributed by atoms with Crippen molar-refractivity contribution in [1.29, 1.82) is 0 Å². The van der Waals surface area contributed by atoms with Crippen LogP contribution in [-0.4, -0.2) is 103 Å². The van der Waals surface area contributed by atoms with Crippen molar-refractivity contribution in [3.63, 3.8) is 0 Å². The number of rotatable bonds is 46. The van der Waals surface area contributed by atoms with Crippen LogP contribution in [0.15, 0.2) is 0 Å². The van der Waals surface area contributed by atoms with E-state index in [1.807, 2.05) is 0 Å². The molecule has 17 heteroatoms. The van der Waals surface area contributed by atoms with Crippen molar-refractivity contribution in [2.45, 2.75) is 288 Å². The largest absolute Gasteiger partial charge is 0.397 e. The molecule has 65 heavy (non-hydrogen) atoms. The Labute approximate surface area is 395 Å². The summed E-state index contributed by atoms with van der Waals surface area (Å²) in [5, 5.41) is 35.3. The average molecular weight is 974 g/mol. The van der Waals surface area contributed by atoms with E-state index in [0.29, 0.717) is 19.3 Å². The van der Waals surface area contributed by atoms with E-state index in [2.05, 4.69) is 27.5 Å². The molecule has 0 aromatic heterocycles. The number of carbonyl (C=O) groups excluding carboxylic acids is 1. The molecule has 0 aliphatic carbocycles. The first-order chi connectivity index (χ1) is 31.2. The highest BCUT2D eigenvalue weighted by Gasteiger charge is 2.48. The lowest BCUT2D eigenvalue weighted by atomic mass is 9.99. The van der Waals surface area contributed by atoms with E-state index in [4.69, 9.17) is 14.0 Å². The smallest absolute Gasteiger partial charge is 0.391 e. The van der Waals surface area contributed by atoms with E-state index < -0.39 is 76.9 Å². The predicted octanol–water partition coefficient (Wildman–Crippen LogP) is 10.4. The van der Waals surface area contributed by atoms with E-state index in [9.17, 15) is 41.5 Å². The van der Waals surface area contributed by atoms with Crippen LogP contribution in [0.3, 0.4) is 0 Å². The first-order valence-electron chi connectivity index (χ1n) is 26.1. The summed E-state index contributed by atoms with van der Waals surface area (Å²) in [5.41, 5.74) is 0. The summed E-state index contributed by atoms with van der Waals surface area (Å²) < 4.78 is 84.1. The Hall–Kier alpha value is -0.990. The third kappa shape index (κ3) is 35.7. The Bertz CT molecular complexity index is 1340. The minimum Gasteiger partial charge on any atom is -0.391 e. The molecule has 1 aliphatic heterocycles. The van der Waals surface area contributed by atoms with Crippen molar-refractivity contribution in [3.8, 4) is 0 Å². The SMILES string of the molecule is CCCCCCCCCCCCCCCCCCCCCCCC(=O)N[C@@H](CO[C@@H]1O[C@H](COS(=O)(=O)O)[C@H](O)[C@H](O)[C@H]1OS(=O)(=O)O)[C@H](O)CCCCCCCCCCCCCCC. The summed E-state index contributed by atoms with van der Waals surface area (Å²) in [6, 6.07) is -0.999. The second-order valence-electron chi connectivity index (χ2n) is 18.7. The number of hydrogen-bond donors (Lipinski definition) is 6. The van der Waals surface area contributed by atoms with Crippen LogP contribution in [-0.2, 0) is 43.4 Å². The number of amides is 1. The van der Waals surface area contributed by atoms with Crippen molar-refractivity contribution in [1.82, 2.24) is 5.32 Å². The normalized spacial score (nSPS) is 20.3. The number of unbranched alkanes of at least 4 members (excludes halogenated alkanes) is 32. The molecule has 7 atom stereocenters. The molecule has 0 unspecified atom stereocenters. The quantitative estimate of drug-likeness (QED) is 0.0246. The number of nitrogens with one attached hydrogen (secondary N) is 1. The lowest BCUT2D eigenvalue weighted by Crippen LogP contribution is -2.61. The van der Waals surface area contributed by atoms with Gasteiger partial charge in [-0.25, -0.2) is 8.37 Å². The second-order valence-corrected chi connectivity index (χ2v) is 20.8. The molecule has 1 heterocycles. The molecule has 388 valence electrons. The molecular formula is C48H95NO14S2. The van der Waals surface area contributed by atoms with E-state index in [0.717, 1.165) is 44.9 Å². The molecule has 0 aromatic rings. The van der Waals surface area contributed by atoms with Gasteiger partial charge >= 0.3 is 20.8 Å². The Kier molecular flexibility index (Phi) is 38.0. The van der Waals surface area contributed by atoms with Gasteiger partial charge in [0.1, 0.15) is 18.3 Å². The van der Waals surface area contributed by atoms with Gasteiger partial charge in [0.2, 0.25) is 5.91 Å². The molecule has 0 aromatic carbocycles. The monoisotopic (exact) mass is 974 g/mol. The standard InChI is InChI=1S/C48H95NO14S2/c1-3-5-7-9-11-13-15-17-18-19-20-21-22-23-24-26-28-30-32-34-36-38-44(51)49-41(42(50)37-35-33-31-29-27-25-16-14-12-10-8-6-4-2)39-60-48-47(63-65(57,58)59)46(53)45(52)43(62-48)40-61-64(54,55)56/h41-43,45-48,50,52-53H,3-40H2,1-2H3,(H,49,51)(H,54,55,56)(H,57,58,59)/t41-,42+,43+,45-,46-,47+,48+/m0/s1. The fourth-order valence-corrected chi connectivity index (χ4v) is 9.38. The van der Waals surface area contributed by atoms with Gasteiger partial charge in [-0.1, -0.05) is 226 Å². The van der Waals surface area contributed by atoms with Crippen molar-refractivity contribution in [3.05, 3.63) is 0 Å². The van der Waals surface area contributed by atoms with Gasteiger partial charge in [-0.05, 0) is 12.8 Å². The number of carbonyl (C=O) groups is 1. The molecule has 0 saturated carbocycles. The molecule has 0 bridgehead atoms. The second kappa shape index (κ2) is 39.8. The van der Waals surface area contributed by atoms with Crippen LogP contribution in [0.25, 0.3) is 0 Å².